The molecule has 0 radical (unpaired) electrons. The van der Waals surface area contributed by atoms with E-state index in [2.05, 4.69) is 93.8 Å². The molecule has 1 aliphatic heterocycles. The molecule has 250 valence electrons. The van der Waals surface area contributed by atoms with E-state index in [-0.39, 0.29) is 17.1 Å². The number of piperidine rings is 1. The van der Waals surface area contributed by atoms with Gasteiger partial charge in [-0.3, -0.25) is 9.88 Å². The molecule has 48 heavy (non-hydrogen) atoms. The first-order valence-electron chi connectivity index (χ1n) is 18.0. The van der Waals surface area contributed by atoms with Gasteiger partial charge in [-0.05, 0) is 114 Å². The number of likely N-dealkylation sites (tertiary alicyclic amines) is 1. The van der Waals surface area contributed by atoms with Crippen LogP contribution in [0.15, 0.2) is 54.9 Å². The minimum atomic E-state index is -0.238. The fourth-order valence-corrected chi connectivity index (χ4v) is 9.95. The predicted molar refractivity (Wildman–Crippen MR) is 192 cm³/mol. The van der Waals surface area contributed by atoms with Crippen molar-refractivity contribution in [1.29, 1.82) is 5.26 Å². The fraction of sp³-hybridized carbons (Fsp3) is 0.538. The lowest BCUT2D eigenvalue weighted by atomic mass is 9.65. The van der Waals surface area contributed by atoms with Crippen molar-refractivity contribution in [1.82, 2.24) is 24.9 Å². The molecule has 0 amide bonds. The van der Waals surface area contributed by atoms with E-state index >= 15 is 0 Å². The summed E-state index contributed by atoms with van der Waals surface area (Å²) < 4.78 is 2.07. The first-order valence-corrected chi connectivity index (χ1v) is 18.3. The lowest BCUT2D eigenvalue weighted by Crippen LogP contribution is -2.46. The van der Waals surface area contributed by atoms with E-state index in [0.717, 1.165) is 78.1 Å². The lowest BCUT2D eigenvalue weighted by Gasteiger charge is -2.46. The summed E-state index contributed by atoms with van der Waals surface area (Å²) in [7, 11) is 0. The largest absolute Gasteiger partial charge is 0.378 e. The van der Waals surface area contributed by atoms with Crippen LogP contribution in [0.4, 0.5) is 11.4 Å². The molecule has 4 aliphatic carbocycles. The molecule has 2 aromatic heterocycles. The first-order chi connectivity index (χ1) is 23.2. The number of hydrogen-bond acceptors (Lipinski definition) is 7. The Morgan fingerprint density at radius 2 is 1.73 bits per heavy atom. The van der Waals surface area contributed by atoms with Crippen LogP contribution in [0.3, 0.4) is 0 Å². The summed E-state index contributed by atoms with van der Waals surface area (Å²) in [5, 5.41) is 28.9. The second kappa shape index (κ2) is 12.3. The molecule has 8 nitrogen and oxygen atoms in total. The molecule has 2 N–H and O–H groups in total. The SMILES string of the molecule is CC(C)(C)N1CCC(n2cc([C@@H](Nc3cc(Cl)c4ncc(C#N)c(NC56CCC7C[C@H](C[C@H](C7)C5)C6)c4c3)c3ccccc3)nn2)CC1. The van der Waals surface area contributed by atoms with Crippen molar-refractivity contribution in [2.75, 3.05) is 23.7 Å². The van der Waals surface area contributed by atoms with Crippen LogP contribution < -0.4 is 10.6 Å². The molecule has 4 aromatic rings. The molecule has 1 saturated heterocycles. The van der Waals surface area contributed by atoms with Crippen molar-refractivity contribution in [2.45, 2.75) is 102 Å². The van der Waals surface area contributed by atoms with Crippen LogP contribution in [0.5, 0.6) is 0 Å². The number of nitrogens with one attached hydrogen (secondary N) is 2. The highest BCUT2D eigenvalue weighted by Gasteiger charge is 2.48. The van der Waals surface area contributed by atoms with E-state index in [4.69, 9.17) is 16.7 Å². The van der Waals surface area contributed by atoms with Crippen molar-refractivity contribution in [3.8, 4) is 6.07 Å². The van der Waals surface area contributed by atoms with Crippen molar-refractivity contribution in [3.63, 3.8) is 0 Å². The second-order valence-electron chi connectivity index (χ2n) is 16.2. The van der Waals surface area contributed by atoms with Gasteiger partial charge in [-0.2, -0.15) is 5.26 Å². The summed E-state index contributed by atoms with van der Waals surface area (Å²) in [6.45, 7) is 8.97. The Hall–Kier alpha value is -3.67. The van der Waals surface area contributed by atoms with Gasteiger partial charge in [0.05, 0.1) is 40.1 Å². The lowest BCUT2D eigenvalue weighted by molar-refractivity contribution is 0.0866. The zero-order chi connectivity index (χ0) is 33.0. The average Bonchev–Trinajstić information content (AvgIpc) is 3.48. The summed E-state index contributed by atoms with van der Waals surface area (Å²) in [5.41, 5.74) is 5.17. The van der Waals surface area contributed by atoms with E-state index in [1.807, 2.05) is 12.1 Å². The maximum Gasteiger partial charge on any atom is 0.109 e. The maximum absolute atomic E-state index is 10.3. The second-order valence-corrected chi connectivity index (χ2v) is 16.6. The Labute approximate surface area is 289 Å². The van der Waals surface area contributed by atoms with Gasteiger partial charge in [0.2, 0.25) is 0 Å². The zero-order valence-corrected chi connectivity index (χ0v) is 29.2. The van der Waals surface area contributed by atoms with Gasteiger partial charge in [-0.25, -0.2) is 4.68 Å². The van der Waals surface area contributed by atoms with E-state index in [0.29, 0.717) is 22.1 Å². The molecule has 4 saturated carbocycles. The minimum Gasteiger partial charge on any atom is -0.378 e. The van der Waals surface area contributed by atoms with E-state index in [1.54, 1.807) is 6.20 Å². The van der Waals surface area contributed by atoms with Gasteiger partial charge in [0.25, 0.3) is 0 Å². The van der Waals surface area contributed by atoms with Gasteiger partial charge in [0.15, 0.2) is 0 Å². The zero-order valence-electron chi connectivity index (χ0n) is 28.4. The van der Waals surface area contributed by atoms with Crippen LogP contribution in [0.25, 0.3) is 10.9 Å². The number of nitrogens with zero attached hydrogens (tertiary/aromatic N) is 6. The number of anilines is 2. The molecule has 9 heteroatoms. The Kier molecular flexibility index (Phi) is 8.12. The molecule has 4 bridgehead atoms. The summed E-state index contributed by atoms with van der Waals surface area (Å²) in [5.74, 6) is 2.42. The molecular formula is C39H47ClN8. The van der Waals surface area contributed by atoms with Crippen molar-refractivity contribution in [2.24, 2.45) is 17.8 Å². The molecular weight excluding hydrogens is 616 g/mol. The van der Waals surface area contributed by atoms with Gasteiger partial charge in [0.1, 0.15) is 11.8 Å². The summed E-state index contributed by atoms with van der Waals surface area (Å²) >= 11 is 7.01. The van der Waals surface area contributed by atoms with Crippen LogP contribution in [0, 0.1) is 29.1 Å². The van der Waals surface area contributed by atoms with Crippen LogP contribution in [-0.2, 0) is 0 Å². The minimum absolute atomic E-state index is 0.0166. The maximum atomic E-state index is 10.3. The number of aromatic nitrogens is 4. The van der Waals surface area contributed by atoms with E-state index in [1.165, 1.54) is 38.5 Å². The summed E-state index contributed by atoms with van der Waals surface area (Å²) in [6.07, 6.45) is 14.8. The highest BCUT2D eigenvalue weighted by Crippen LogP contribution is 2.54. The highest BCUT2D eigenvalue weighted by atomic mass is 35.5. The molecule has 2 unspecified atom stereocenters. The summed E-state index contributed by atoms with van der Waals surface area (Å²) in [4.78, 5) is 7.24. The standard InChI is InChI=1S/C39H47ClN8/c1-38(2,3)47-13-10-31(11-14-47)48-24-34(45-46-48)36(28-7-5-4-6-8-28)43-30-18-32-35(29(22-41)23-42-37(32)33(40)19-30)44-39-12-9-25-15-26(20-39)17-27(16-25)21-39/h4-8,18-19,23-27,31,36,43H,9-17,20-21H2,1-3H3,(H,42,44)/t25?,26-,27+,36-,39?/m0/s1. The Bertz CT molecular complexity index is 1820. The monoisotopic (exact) mass is 662 g/mol. The first kappa shape index (κ1) is 31.6. The number of fused-ring (bicyclic) bond motifs is 2. The van der Waals surface area contributed by atoms with E-state index < -0.39 is 0 Å². The molecule has 5 aliphatic rings. The normalized spacial score (nSPS) is 26.7. The number of benzene rings is 2. The smallest absolute Gasteiger partial charge is 0.109 e. The van der Waals surface area contributed by atoms with Crippen molar-refractivity contribution >= 4 is 33.9 Å². The Morgan fingerprint density at radius 1 is 1.00 bits per heavy atom. The third-order valence-electron chi connectivity index (χ3n) is 11.9. The quantitative estimate of drug-likeness (QED) is 0.204. The van der Waals surface area contributed by atoms with Gasteiger partial charge in [0, 0.05) is 41.4 Å². The third kappa shape index (κ3) is 6.05. The van der Waals surface area contributed by atoms with Crippen LogP contribution >= 0.6 is 11.6 Å². The van der Waals surface area contributed by atoms with E-state index in [9.17, 15) is 5.26 Å². The topological polar surface area (TPSA) is 94.7 Å². The fourth-order valence-electron chi connectivity index (χ4n) is 9.68. The van der Waals surface area contributed by atoms with Gasteiger partial charge >= 0.3 is 0 Å². The number of rotatable bonds is 7. The van der Waals surface area contributed by atoms with Crippen LogP contribution in [0.2, 0.25) is 5.02 Å². The third-order valence-corrected chi connectivity index (χ3v) is 12.2. The van der Waals surface area contributed by atoms with Gasteiger partial charge < -0.3 is 10.6 Å². The Morgan fingerprint density at radius 3 is 2.44 bits per heavy atom. The summed E-state index contributed by atoms with van der Waals surface area (Å²) in [6, 6.07) is 17.0. The molecule has 5 fully saturated rings. The molecule has 9 rings (SSSR count). The van der Waals surface area contributed by atoms with Gasteiger partial charge in [-0.15, -0.1) is 5.10 Å². The number of halogens is 1. The van der Waals surface area contributed by atoms with Crippen molar-refractivity contribution in [3.05, 3.63) is 76.7 Å². The molecule has 3 heterocycles. The number of hydrogen-bond donors (Lipinski definition) is 2. The van der Waals surface area contributed by atoms with Crippen LogP contribution in [-0.4, -0.2) is 49.0 Å². The Balaban J connectivity index is 1.12. The molecule has 0 spiro atoms. The molecule has 2 aromatic carbocycles. The average molecular weight is 663 g/mol. The van der Waals surface area contributed by atoms with Crippen molar-refractivity contribution < 1.29 is 0 Å². The van der Waals surface area contributed by atoms with Crippen LogP contribution in [0.1, 0.15) is 107 Å². The predicted octanol–water partition coefficient (Wildman–Crippen LogP) is 8.76. The number of nitriles is 1. The number of pyridine rings is 1. The van der Waals surface area contributed by atoms with Gasteiger partial charge in [-0.1, -0.05) is 47.1 Å². The highest BCUT2D eigenvalue weighted by molar-refractivity contribution is 6.35. The molecule has 5 atom stereocenters.